The van der Waals surface area contributed by atoms with Crippen LogP contribution in [0.4, 0.5) is 21.5 Å². The summed E-state index contributed by atoms with van der Waals surface area (Å²) in [5.74, 6) is -0.332. The third-order valence-corrected chi connectivity index (χ3v) is 3.35. The van der Waals surface area contributed by atoms with Crippen molar-refractivity contribution in [2.45, 2.75) is 6.92 Å². The van der Waals surface area contributed by atoms with Gasteiger partial charge >= 0.3 is 0 Å². The first kappa shape index (κ1) is 13.4. The predicted octanol–water partition coefficient (Wildman–Crippen LogP) is 4.09. The van der Waals surface area contributed by atoms with Gasteiger partial charge in [-0.1, -0.05) is 0 Å². The summed E-state index contributed by atoms with van der Waals surface area (Å²) in [5, 5.41) is 11.9. The Labute approximate surface area is 119 Å². The lowest BCUT2D eigenvalue weighted by Gasteiger charge is -2.12. The van der Waals surface area contributed by atoms with E-state index in [9.17, 15) is 4.39 Å². The third-order valence-electron chi connectivity index (χ3n) is 2.70. The van der Waals surface area contributed by atoms with Crippen LogP contribution in [0, 0.1) is 24.1 Å². The van der Waals surface area contributed by atoms with Crippen LogP contribution in [-0.4, -0.2) is 0 Å². The monoisotopic (exact) mass is 319 g/mol. The molecule has 3 nitrogen and oxygen atoms in total. The molecule has 2 aromatic rings. The number of nitrogens with two attached hydrogens (primary N) is 1. The quantitative estimate of drug-likeness (QED) is 0.819. The molecule has 3 N–H and O–H groups in total. The first-order chi connectivity index (χ1) is 9.01. The number of anilines is 3. The van der Waals surface area contributed by atoms with Gasteiger partial charge < -0.3 is 11.1 Å². The molecular formula is C14H11BrFN3. The van der Waals surface area contributed by atoms with Gasteiger partial charge in [0.05, 0.1) is 28.7 Å². The van der Waals surface area contributed by atoms with Crippen LogP contribution in [0.2, 0.25) is 0 Å². The molecule has 0 atom stereocenters. The molecule has 0 unspecified atom stereocenters. The molecule has 0 radical (unpaired) electrons. The van der Waals surface area contributed by atoms with Crippen molar-refractivity contribution in [2.75, 3.05) is 11.1 Å². The van der Waals surface area contributed by atoms with Crippen molar-refractivity contribution in [3.05, 3.63) is 51.7 Å². The molecule has 2 aromatic carbocycles. The second kappa shape index (κ2) is 5.29. The molecule has 2 rings (SSSR count). The van der Waals surface area contributed by atoms with E-state index in [4.69, 9.17) is 11.0 Å². The fourth-order valence-electron chi connectivity index (χ4n) is 1.64. The van der Waals surface area contributed by atoms with Gasteiger partial charge in [-0.3, -0.25) is 0 Å². The number of nitrogen functional groups attached to an aromatic ring is 1. The van der Waals surface area contributed by atoms with E-state index >= 15 is 0 Å². The van der Waals surface area contributed by atoms with Crippen molar-refractivity contribution in [1.29, 1.82) is 5.26 Å². The minimum Gasteiger partial charge on any atom is -0.397 e. The van der Waals surface area contributed by atoms with Gasteiger partial charge in [0.25, 0.3) is 0 Å². The van der Waals surface area contributed by atoms with Crippen LogP contribution in [0.3, 0.4) is 0 Å². The van der Waals surface area contributed by atoms with E-state index in [-0.39, 0.29) is 5.82 Å². The Kier molecular flexibility index (Phi) is 3.72. The largest absolute Gasteiger partial charge is 0.397 e. The average Bonchev–Trinajstić information content (AvgIpc) is 2.38. The minimum atomic E-state index is -0.332. The Morgan fingerprint density at radius 1 is 1.26 bits per heavy atom. The van der Waals surface area contributed by atoms with Crippen molar-refractivity contribution in [1.82, 2.24) is 0 Å². The summed E-state index contributed by atoms with van der Waals surface area (Å²) in [6.45, 7) is 1.67. The lowest BCUT2D eigenvalue weighted by molar-refractivity contribution is 0.619. The zero-order valence-corrected chi connectivity index (χ0v) is 11.8. The summed E-state index contributed by atoms with van der Waals surface area (Å²) < 4.78 is 14.1. The number of nitrogens with one attached hydrogen (secondary N) is 1. The number of hydrogen-bond acceptors (Lipinski definition) is 3. The second-order valence-electron chi connectivity index (χ2n) is 4.12. The molecule has 0 amide bonds. The molecule has 0 heterocycles. The molecule has 0 spiro atoms. The smallest absolute Gasteiger partial charge is 0.128 e. The van der Waals surface area contributed by atoms with Gasteiger partial charge in [-0.25, -0.2) is 4.39 Å². The zero-order valence-electron chi connectivity index (χ0n) is 10.2. The Hall–Kier alpha value is -2.06. The molecule has 19 heavy (non-hydrogen) atoms. The molecule has 0 aliphatic carbocycles. The SMILES string of the molecule is Cc1cc(Nc2ccc(C#N)cc2Br)c(N)cc1F. The summed E-state index contributed by atoms with van der Waals surface area (Å²) in [4.78, 5) is 0. The van der Waals surface area contributed by atoms with E-state index < -0.39 is 0 Å². The van der Waals surface area contributed by atoms with Gasteiger partial charge in [-0.2, -0.15) is 5.26 Å². The fraction of sp³-hybridized carbons (Fsp3) is 0.0714. The Morgan fingerprint density at radius 3 is 2.63 bits per heavy atom. The van der Waals surface area contributed by atoms with Crippen LogP contribution in [0.15, 0.2) is 34.8 Å². The summed E-state index contributed by atoms with van der Waals surface area (Å²) >= 11 is 3.37. The number of nitrogens with zero attached hydrogens (tertiary/aromatic N) is 1. The first-order valence-electron chi connectivity index (χ1n) is 5.53. The van der Waals surface area contributed by atoms with Crippen molar-refractivity contribution in [2.24, 2.45) is 0 Å². The van der Waals surface area contributed by atoms with Crippen molar-refractivity contribution in [3.8, 4) is 6.07 Å². The van der Waals surface area contributed by atoms with Gasteiger partial charge in [-0.15, -0.1) is 0 Å². The predicted molar refractivity (Wildman–Crippen MR) is 77.7 cm³/mol. The van der Waals surface area contributed by atoms with Crippen LogP contribution in [0.25, 0.3) is 0 Å². The van der Waals surface area contributed by atoms with E-state index in [2.05, 4.69) is 27.3 Å². The number of aryl methyl sites for hydroxylation is 1. The van der Waals surface area contributed by atoms with Crippen molar-refractivity contribution >= 4 is 33.0 Å². The maximum Gasteiger partial charge on any atom is 0.128 e. The van der Waals surface area contributed by atoms with E-state index in [0.717, 1.165) is 10.2 Å². The molecule has 96 valence electrons. The van der Waals surface area contributed by atoms with E-state index in [1.807, 2.05) is 0 Å². The molecular weight excluding hydrogens is 309 g/mol. The highest BCUT2D eigenvalue weighted by Crippen LogP contribution is 2.30. The van der Waals surface area contributed by atoms with Gasteiger partial charge in [0.1, 0.15) is 5.82 Å². The maximum absolute atomic E-state index is 13.3. The van der Waals surface area contributed by atoms with Crippen LogP contribution >= 0.6 is 15.9 Å². The number of halogens is 2. The topological polar surface area (TPSA) is 61.8 Å². The number of rotatable bonds is 2. The number of nitriles is 1. The minimum absolute atomic E-state index is 0.332. The molecule has 0 saturated carbocycles. The highest BCUT2D eigenvalue weighted by atomic mass is 79.9. The lowest BCUT2D eigenvalue weighted by atomic mass is 10.1. The first-order valence-corrected chi connectivity index (χ1v) is 6.33. The van der Waals surface area contributed by atoms with Crippen LogP contribution < -0.4 is 11.1 Å². The highest BCUT2D eigenvalue weighted by Gasteiger charge is 2.07. The molecule has 0 aliphatic heterocycles. The highest BCUT2D eigenvalue weighted by molar-refractivity contribution is 9.10. The fourth-order valence-corrected chi connectivity index (χ4v) is 2.11. The standard InChI is InChI=1S/C14H11BrFN3/c1-8-4-14(12(18)6-11(8)16)19-13-3-2-9(7-17)5-10(13)15/h2-6,19H,18H2,1H3. The average molecular weight is 320 g/mol. The van der Waals surface area contributed by atoms with E-state index in [1.54, 1.807) is 31.2 Å². The van der Waals surface area contributed by atoms with Gasteiger partial charge in [0.15, 0.2) is 0 Å². The summed E-state index contributed by atoms with van der Waals surface area (Å²) in [5.41, 5.74) is 8.57. The van der Waals surface area contributed by atoms with Crippen LogP contribution in [0.5, 0.6) is 0 Å². The molecule has 0 aliphatic rings. The molecule has 0 aromatic heterocycles. The molecule has 0 fully saturated rings. The number of benzene rings is 2. The molecule has 0 saturated heterocycles. The Balaban J connectivity index is 2.37. The normalized spacial score (nSPS) is 10.0. The van der Waals surface area contributed by atoms with Crippen molar-refractivity contribution in [3.63, 3.8) is 0 Å². The Morgan fingerprint density at radius 2 is 2.00 bits per heavy atom. The van der Waals surface area contributed by atoms with Gasteiger partial charge in [0, 0.05) is 4.47 Å². The third kappa shape index (κ3) is 2.85. The van der Waals surface area contributed by atoms with Crippen LogP contribution in [0.1, 0.15) is 11.1 Å². The van der Waals surface area contributed by atoms with Crippen molar-refractivity contribution < 1.29 is 4.39 Å². The van der Waals surface area contributed by atoms with Gasteiger partial charge in [0.2, 0.25) is 0 Å². The van der Waals surface area contributed by atoms with Crippen LogP contribution in [-0.2, 0) is 0 Å². The summed E-state index contributed by atoms with van der Waals surface area (Å²) in [6.07, 6.45) is 0. The molecule has 0 bridgehead atoms. The summed E-state index contributed by atoms with van der Waals surface area (Å²) in [7, 11) is 0. The molecule has 5 heteroatoms. The Bertz CT molecular complexity index is 677. The lowest BCUT2D eigenvalue weighted by Crippen LogP contribution is -1.99. The summed E-state index contributed by atoms with van der Waals surface area (Å²) in [6, 6.07) is 10.2. The van der Waals surface area contributed by atoms with E-state index in [0.29, 0.717) is 22.5 Å². The zero-order chi connectivity index (χ0) is 14.0. The number of hydrogen-bond donors (Lipinski definition) is 2. The second-order valence-corrected chi connectivity index (χ2v) is 4.97. The van der Waals surface area contributed by atoms with Gasteiger partial charge in [-0.05, 0) is 58.7 Å². The van der Waals surface area contributed by atoms with E-state index in [1.165, 1.54) is 6.07 Å². The maximum atomic E-state index is 13.3.